The van der Waals surface area contributed by atoms with Gasteiger partial charge in [-0.05, 0) is 55.4 Å². The molecular weight excluding hydrogens is 356 g/mol. The normalized spacial score (nSPS) is 12.2. The van der Waals surface area contributed by atoms with Gasteiger partial charge in [0.05, 0.1) is 5.56 Å². The molecule has 0 saturated carbocycles. The highest BCUT2D eigenvalue weighted by Crippen LogP contribution is 2.37. The molecule has 0 radical (unpaired) electrons. The van der Waals surface area contributed by atoms with Crippen molar-refractivity contribution in [3.8, 4) is 11.3 Å². The molecule has 3 heteroatoms. The second-order valence-corrected chi connectivity index (χ2v) is 9.46. The molecule has 0 atom stereocenters. The lowest BCUT2D eigenvalue weighted by Gasteiger charge is -2.19. The predicted molar refractivity (Wildman–Crippen MR) is 120 cm³/mol. The second kappa shape index (κ2) is 6.98. The number of hydrogen-bond acceptors (Lipinski definition) is 2. The molecular formula is C26H31N2O+. The van der Waals surface area contributed by atoms with E-state index >= 15 is 0 Å². The molecule has 4 aromatic rings. The van der Waals surface area contributed by atoms with Crippen molar-refractivity contribution < 1.29 is 8.98 Å². The van der Waals surface area contributed by atoms with Gasteiger partial charge in [0, 0.05) is 28.1 Å². The Labute approximate surface area is 173 Å². The van der Waals surface area contributed by atoms with Crippen LogP contribution in [-0.4, -0.2) is 4.98 Å². The first-order valence-electron chi connectivity index (χ1n) is 10.5. The largest absolute Gasteiger partial charge is 0.437 e. The van der Waals surface area contributed by atoms with Crippen molar-refractivity contribution in [1.82, 2.24) is 4.98 Å². The van der Waals surface area contributed by atoms with Crippen molar-refractivity contribution in [2.45, 2.75) is 54.4 Å². The van der Waals surface area contributed by atoms with Gasteiger partial charge >= 0.3 is 0 Å². The molecule has 0 aliphatic carbocycles. The number of furan rings is 1. The van der Waals surface area contributed by atoms with Crippen molar-refractivity contribution >= 4 is 22.1 Å². The average molecular weight is 388 g/mol. The number of fused-ring (bicyclic) bond motifs is 3. The Kier molecular flexibility index (Phi) is 4.72. The smallest absolute Gasteiger partial charge is 0.227 e. The van der Waals surface area contributed by atoms with Crippen LogP contribution in [-0.2, 0) is 19.9 Å². The summed E-state index contributed by atoms with van der Waals surface area (Å²) in [6.07, 6.45) is 4.25. The summed E-state index contributed by atoms with van der Waals surface area (Å²) in [5.41, 5.74) is 9.25. The third kappa shape index (κ3) is 3.55. The zero-order valence-corrected chi connectivity index (χ0v) is 18.7. The van der Waals surface area contributed by atoms with Crippen molar-refractivity contribution in [3.05, 3.63) is 58.9 Å². The van der Waals surface area contributed by atoms with E-state index in [1.54, 1.807) is 0 Å². The second-order valence-electron chi connectivity index (χ2n) is 9.46. The molecule has 0 aliphatic rings. The zero-order valence-electron chi connectivity index (χ0n) is 18.7. The van der Waals surface area contributed by atoms with Crippen LogP contribution in [0.5, 0.6) is 0 Å². The fraction of sp³-hybridized carbons (Fsp3) is 0.385. The van der Waals surface area contributed by atoms with Crippen molar-refractivity contribution in [2.75, 3.05) is 0 Å². The Hall–Kier alpha value is -2.68. The summed E-state index contributed by atoms with van der Waals surface area (Å²) >= 11 is 0. The van der Waals surface area contributed by atoms with Gasteiger partial charge in [-0.1, -0.05) is 39.8 Å². The average Bonchev–Trinajstić information content (AvgIpc) is 3.01. The first-order chi connectivity index (χ1) is 13.7. The molecule has 0 saturated heterocycles. The molecule has 0 aliphatic heterocycles. The highest BCUT2D eigenvalue weighted by Gasteiger charge is 2.23. The topological polar surface area (TPSA) is 29.9 Å². The van der Waals surface area contributed by atoms with Crippen LogP contribution in [0.15, 0.2) is 40.9 Å². The van der Waals surface area contributed by atoms with Crippen molar-refractivity contribution in [1.29, 1.82) is 0 Å². The molecule has 0 fully saturated rings. The van der Waals surface area contributed by atoms with Gasteiger partial charge in [-0.2, -0.15) is 0 Å². The summed E-state index contributed by atoms with van der Waals surface area (Å²) in [5.74, 6) is 0. The molecule has 0 spiro atoms. The standard InChI is InChI=1S/C26H31N2O/c1-8-19-10-12-21-20-11-9-16(2)23(24(20)29-25(21)27-19)22-13-17(3)18(15-28(22)7)14-26(4,5)6/h9-13,15H,8,14H2,1-7H3/q+1. The van der Waals surface area contributed by atoms with Gasteiger partial charge in [-0.25, -0.2) is 9.55 Å². The zero-order chi connectivity index (χ0) is 20.9. The van der Waals surface area contributed by atoms with Crippen molar-refractivity contribution in [3.63, 3.8) is 0 Å². The van der Waals surface area contributed by atoms with E-state index in [0.717, 1.165) is 46.2 Å². The highest BCUT2D eigenvalue weighted by molar-refractivity contribution is 6.08. The number of nitrogens with zero attached hydrogens (tertiary/aromatic N) is 2. The summed E-state index contributed by atoms with van der Waals surface area (Å²) in [6, 6.07) is 10.9. The van der Waals surface area contributed by atoms with E-state index < -0.39 is 0 Å². The van der Waals surface area contributed by atoms with E-state index in [2.05, 4.69) is 89.7 Å². The van der Waals surface area contributed by atoms with Gasteiger partial charge in [0.1, 0.15) is 7.05 Å². The minimum absolute atomic E-state index is 0.261. The van der Waals surface area contributed by atoms with Gasteiger partial charge in [-0.3, -0.25) is 0 Å². The van der Waals surface area contributed by atoms with Gasteiger partial charge in [0.2, 0.25) is 11.4 Å². The summed E-state index contributed by atoms with van der Waals surface area (Å²) < 4.78 is 8.59. The van der Waals surface area contributed by atoms with Gasteiger partial charge in [-0.15, -0.1) is 0 Å². The Bertz CT molecular complexity index is 1230. The quantitative estimate of drug-likeness (QED) is 0.389. The van der Waals surface area contributed by atoms with Gasteiger partial charge in [0.25, 0.3) is 0 Å². The number of rotatable bonds is 3. The van der Waals surface area contributed by atoms with E-state index in [4.69, 9.17) is 9.40 Å². The first-order valence-corrected chi connectivity index (χ1v) is 10.5. The predicted octanol–water partition coefficient (Wildman–Crippen LogP) is 6.24. The minimum atomic E-state index is 0.261. The van der Waals surface area contributed by atoms with Crippen LogP contribution < -0.4 is 4.57 Å². The maximum absolute atomic E-state index is 6.34. The number of aromatic nitrogens is 2. The molecule has 0 bridgehead atoms. The molecule has 3 aromatic heterocycles. The first kappa shape index (κ1) is 19.6. The van der Waals surface area contributed by atoms with Gasteiger partial charge < -0.3 is 4.42 Å². The van der Waals surface area contributed by atoms with Gasteiger partial charge in [0.15, 0.2) is 11.8 Å². The van der Waals surface area contributed by atoms with Crippen LogP contribution in [0, 0.1) is 19.3 Å². The van der Waals surface area contributed by atoms with Crippen LogP contribution in [0.3, 0.4) is 0 Å². The number of aryl methyl sites for hydroxylation is 4. The SMILES string of the molecule is CCc1ccc2c(n1)oc1c(-c3cc(C)c(CC(C)(C)C)c[n+]3C)c(C)ccc12. The van der Waals surface area contributed by atoms with E-state index in [0.29, 0.717) is 0 Å². The summed E-state index contributed by atoms with van der Waals surface area (Å²) in [4.78, 5) is 4.72. The van der Waals surface area contributed by atoms with Crippen LogP contribution in [0.4, 0.5) is 0 Å². The Morgan fingerprint density at radius 3 is 2.41 bits per heavy atom. The lowest BCUT2D eigenvalue weighted by atomic mass is 9.86. The lowest BCUT2D eigenvalue weighted by Crippen LogP contribution is -2.32. The number of pyridine rings is 2. The molecule has 0 N–H and O–H groups in total. The monoisotopic (exact) mass is 387 g/mol. The third-order valence-electron chi connectivity index (χ3n) is 5.70. The molecule has 150 valence electrons. The lowest BCUT2D eigenvalue weighted by molar-refractivity contribution is -0.660. The summed E-state index contributed by atoms with van der Waals surface area (Å²) in [5, 5.41) is 2.22. The molecule has 1 aromatic carbocycles. The third-order valence-corrected chi connectivity index (χ3v) is 5.70. The molecule has 3 nitrogen and oxygen atoms in total. The summed E-state index contributed by atoms with van der Waals surface area (Å²) in [7, 11) is 2.13. The fourth-order valence-electron chi connectivity index (χ4n) is 4.18. The van der Waals surface area contributed by atoms with E-state index in [1.165, 1.54) is 22.4 Å². The Balaban J connectivity index is 1.96. The fourth-order valence-corrected chi connectivity index (χ4v) is 4.18. The molecule has 0 unspecified atom stereocenters. The maximum atomic E-state index is 6.34. The van der Waals surface area contributed by atoms with E-state index in [-0.39, 0.29) is 5.41 Å². The van der Waals surface area contributed by atoms with Crippen LogP contribution >= 0.6 is 0 Å². The number of hydrogen-bond donors (Lipinski definition) is 0. The van der Waals surface area contributed by atoms with E-state index in [1.807, 2.05) is 0 Å². The molecule has 29 heavy (non-hydrogen) atoms. The molecule has 3 heterocycles. The molecule has 0 amide bonds. The van der Waals surface area contributed by atoms with Crippen molar-refractivity contribution in [2.24, 2.45) is 12.5 Å². The minimum Gasteiger partial charge on any atom is -0.437 e. The number of benzene rings is 1. The maximum Gasteiger partial charge on any atom is 0.227 e. The Morgan fingerprint density at radius 1 is 1.00 bits per heavy atom. The van der Waals surface area contributed by atoms with Crippen LogP contribution in [0.1, 0.15) is 50.1 Å². The highest BCUT2D eigenvalue weighted by atomic mass is 16.3. The summed E-state index contributed by atoms with van der Waals surface area (Å²) in [6.45, 7) is 13.4. The Morgan fingerprint density at radius 2 is 1.72 bits per heavy atom. The van der Waals surface area contributed by atoms with Crippen LogP contribution in [0.25, 0.3) is 33.3 Å². The van der Waals surface area contributed by atoms with Crippen LogP contribution in [0.2, 0.25) is 0 Å². The molecule has 4 rings (SSSR count). The van der Waals surface area contributed by atoms with E-state index in [9.17, 15) is 0 Å².